The molecule has 5 heteroatoms. The maximum Gasteiger partial charge on any atom is 0.326 e. The Kier molecular flexibility index (Phi) is 2.47. The van der Waals surface area contributed by atoms with Crippen molar-refractivity contribution in [2.45, 2.75) is 25.7 Å². The second-order valence-electron chi connectivity index (χ2n) is 3.96. The molecule has 3 aliphatic rings. The smallest absolute Gasteiger partial charge is 0.326 e. The molecule has 3 rings (SSSR count). The molecule has 0 aromatic rings. The largest absolute Gasteiger partial charge is 0.411 e. The maximum absolute atomic E-state index is 8.43. The van der Waals surface area contributed by atoms with Crippen LogP contribution >= 0.6 is 0 Å². The fourth-order valence-corrected chi connectivity index (χ4v) is 1.94. The van der Waals surface area contributed by atoms with Gasteiger partial charge in [0.2, 0.25) is 0 Å². The third kappa shape index (κ3) is 1.51. The first-order chi connectivity index (χ1) is 6.74. The van der Waals surface area contributed by atoms with Crippen LogP contribution in [0.2, 0.25) is 0 Å². The standard InChI is InChI=1S/C9H15NO4/c1-2-3-8-5-12-9(4-10-11,13-6-8)14-7-8/h4,11H,2-3,5-7H2,1H3/b10-4+. The molecule has 0 spiro atoms. The number of rotatable bonds is 3. The van der Waals surface area contributed by atoms with E-state index in [2.05, 4.69) is 12.1 Å². The van der Waals surface area contributed by atoms with E-state index in [1.54, 1.807) is 0 Å². The average molecular weight is 201 g/mol. The van der Waals surface area contributed by atoms with Crippen LogP contribution in [0.25, 0.3) is 0 Å². The second-order valence-corrected chi connectivity index (χ2v) is 3.96. The molecule has 0 atom stereocenters. The first-order valence-electron chi connectivity index (χ1n) is 4.85. The third-order valence-corrected chi connectivity index (χ3v) is 2.73. The van der Waals surface area contributed by atoms with Crippen molar-refractivity contribution in [2.75, 3.05) is 19.8 Å². The minimum Gasteiger partial charge on any atom is -0.411 e. The summed E-state index contributed by atoms with van der Waals surface area (Å²) >= 11 is 0. The summed E-state index contributed by atoms with van der Waals surface area (Å²) in [5.74, 6) is -1.23. The lowest BCUT2D eigenvalue weighted by Gasteiger charge is -2.50. The summed E-state index contributed by atoms with van der Waals surface area (Å²) < 4.78 is 16.2. The predicted octanol–water partition coefficient (Wildman–Crippen LogP) is 0.964. The lowest BCUT2D eigenvalue weighted by molar-refractivity contribution is -0.431. The summed E-state index contributed by atoms with van der Waals surface area (Å²) in [5, 5.41) is 11.3. The van der Waals surface area contributed by atoms with Crippen LogP contribution in [0, 0.1) is 5.41 Å². The van der Waals surface area contributed by atoms with Gasteiger partial charge in [0.1, 0.15) is 6.21 Å². The lowest BCUT2D eigenvalue weighted by atomic mass is 9.84. The highest BCUT2D eigenvalue weighted by atomic mass is 16.9. The summed E-state index contributed by atoms with van der Waals surface area (Å²) in [6.07, 6.45) is 3.25. The van der Waals surface area contributed by atoms with Gasteiger partial charge in [0.15, 0.2) is 0 Å². The molecule has 0 amide bonds. The molecule has 0 aromatic carbocycles. The number of fused-ring (bicyclic) bond motifs is 3. The molecule has 0 aromatic heterocycles. The minimum atomic E-state index is -1.23. The minimum absolute atomic E-state index is 0.000203. The molecule has 80 valence electrons. The topological polar surface area (TPSA) is 60.3 Å². The summed E-state index contributed by atoms with van der Waals surface area (Å²) in [6, 6.07) is 0. The van der Waals surface area contributed by atoms with Gasteiger partial charge in [-0.15, -0.1) is 0 Å². The zero-order valence-electron chi connectivity index (χ0n) is 8.23. The van der Waals surface area contributed by atoms with Crippen LogP contribution in [0.3, 0.4) is 0 Å². The Balaban J connectivity index is 2.05. The monoisotopic (exact) mass is 201 g/mol. The van der Waals surface area contributed by atoms with Crippen molar-refractivity contribution < 1.29 is 19.4 Å². The van der Waals surface area contributed by atoms with Crippen LogP contribution in [0.5, 0.6) is 0 Å². The fourth-order valence-electron chi connectivity index (χ4n) is 1.94. The van der Waals surface area contributed by atoms with Gasteiger partial charge in [-0.25, -0.2) is 0 Å². The van der Waals surface area contributed by atoms with Crippen LogP contribution < -0.4 is 0 Å². The fraction of sp³-hybridized carbons (Fsp3) is 0.889. The molecule has 3 saturated heterocycles. The molecule has 0 saturated carbocycles. The summed E-state index contributed by atoms with van der Waals surface area (Å²) in [5.41, 5.74) is -0.000203. The first-order valence-corrected chi connectivity index (χ1v) is 4.85. The van der Waals surface area contributed by atoms with Crippen molar-refractivity contribution in [3.63, 3.8) is 0 Å². The van der Waals surface area contributed by atoms with E-state index in [0.29, 0.717) is 19.8 Å². The summed E-state index contributed by atoms with van der Waals surface area (Å²) in [4.78, 5) is 0. The number of ether oxygens (including phenoxy) is 3. The van der Waals surface area contributed by atoms with E-state index >= 15 is 0 Å². The van der Waals surface area contributed by atoms with Gasteiger partial charge in [0.25, 0.3) is 0 Å². The van der Waals surface area contributed by atoms with Gasteiger partial charge in [-0.3, -0.25) is 0 Å². The van der Waals surface area contributed by atoms with Crippen LogP contribution in [-0.4, -0.2) is 37.2 Å². The quantitative estimate of drug-likeness (QED) is 0.420. The van der Waals surface area contributed by atoms with Gasteiger partial charge in [-0.05, 0) is 6.42 Å². The van der Waals surface area contributed by atoms with Crippen molar-refractivity contribution in [1.82, 2.24) is 0 Å². The molecule has 0 radical (unpaired) electrons. The highest BCUT2D eigenvalue weighted by molar-refractivity contribution is 5.64. The number of hydrogen-bond acceptors (Lipinski definition) is 5. The van der Waals surface area contributed by atoms with Crippen LogP contribution in [0.15, 0.2) is 5.16 Å². The van der Waals surface area contributed by atoms with E-state index in [1.807, 2.05) is 0 Å². The molecule has 1 N–H and O–H groups in total. The van der Waals surface area contributed by atoms with Gasteiger partial charge in [0.05, 0.1) is 19.8 Å². The zero-order chi connectivity index (χ0) is 10.1. The van der Waals surface area contributed by atoms with Crippen molar-refractivity contribution >= 4 is 6.21 Å². The van der Waals surface area contributed by atoms with E-state index in [0.717, 1.165) is 19.1 Å². The molecule has 0 aliphatic carbocycles. The predicted molar refractivity (Wildman–Crippen MR) is 48.2 cm³/mol. The van der Waals surface area contributed by atoms with Gasteiger partial charge >= 0.3 is 5.97 Å². The average Bonchev–Trinajstić information content (AvgIpc) is 2.22. The van der Waals surface area contributed by atoms with E-state index in [1.165, 1.54) is 0 Å². The van der Waals surface area contributed by atoms with Gasteiger partial charge in [0, 0.05) is 5.41 Å². The Bertz CT molecular complexity index is 216. The molecule has 0 unspecified atom stereocenters. The van der Waals surface area contributed by atoms with Crippen LogP contribution in [0.1, 0.15) is 19.8 Å². The Hall–Kier alpha value is -0.650. The molecule has 5 nitrogen and oxygen atoms in total. The van der Waals surface area contributed by atoms with E-state index in [4.69, 9.17) is 19.4 Å². The molecule has 2 bridgehead atoms. The number of nitrogens with zero attached hydrogens (tertiary/aromatic N) is 1. The number of hydrogen-bond donors (Lipinski definition) is 1. The van der Waals surface area contributed by atoms with Crippen molar-refractivity contribution in [3.8, 4) is 0 Å². The molecule has 3 fully saturated rings. The van der Waals surface area contributed by atoms with Crippen molar-refractivity contribution in [3.05, 3.63) is 0 Å². The maximum atomic E-state index is 8.43. The van der Waals surface area contributed by atoms with Gasteiger partial charge < -0.3 is 19.4 Å². The van der Waals surface area contributed by atoms with Crippen molar-refractivity contribution in [1.29, 1.82) is 0 Å². The Morgan fingerprint density at radius 3 is 2.29 bits per heavy atom. The van der Waals surface area contributed by atoms with Crippen molar-refractivity contribution in [2.24, 2.45) is 10.6 Å². The van der Waals surface area contributed by atoms with E-state index in [9.17, 15) is 0 Å². The Labute approximate surface area is 82.6 Å². The lowest BCUT2D eigenvalue weighted by Crippen LogP contribution is -2.60. The second kappa shape index (κ2) is 3.49. The zero-order valence-corrected chi connectivity index (χ0v) is 8.23. The number of oxime groups is 1. The van der Waals surface area contributed by atoms with Crippen LogP contribution in [0.4, 0.5) is 0 Å². The highest BCUT2D eigenvalue weighted by Gasteiger charge is 2.51. The Morgan fingerprint density at radius 1 is 1.29 bits per heavy atom. The van der Waals surface area contributed by atoms with Crippen LogP contribution in [-0.2, 0) is 14.2 Å². The molecular formula is C9H15NO4. The molecule has 3 aliphatic heterocycles. The normalized spacial score (nSPS) is 42.1. The van der Waals surface area contributed by atoms with E-state index < -0.39 is 5.97 Å². The third-order valence-electron chi connectivity index (χ3n) is 2.73. The molecule has 14 heavy (non-hydrogen) atoms. The first kappa shape index (κ1) is 9.89. The Morgan fingerprint density at radius 2 is 1.86 bits per heavy atom. The van der Waals surface area contributed by atoms with Gasteiger partial charge in [-0.1, -0.05) is 18.5 Å². The van der Waals surface area contributed by atoms with E-state index in [-0.39, 0.29) is 5.41 Å². The molecule has 3 heterocycles. The SMILES string of the molecule is CCCC12COC(/C=N/O)(OC1)OC2. The summed E-state index contributed by atoms with van der Waals surface area (Å²) in [7, 11) is 0. The van der Waals surface area contributed by atoms with Gasteiger partial charge in [-0.2, -0.15) is 0 Å². The molecular weight excluding hydrogens is 186 g/mol. The summed E-state index contributed by atoms with van der Waals surface area (Å²) in [6.45, 7) is 3.94. The highest BCUT2D eigenvalue weighted by Crippen LogP contribution is 2.40.